The van der Waals surface area contributed by atoms with E-state index in [4.69, 9.17) is 4.74 Å². The molecule has 1 unspecified atom stereocenters. The molecule has 0 aliphatic carbocycles. The molecule has 1 aliphatic rings. The molecule has 5 nitrogen and oxygen atoms in total. The number of hydrogen-bond donors (Lipinski definition) is 0. The van der Waals surface area contributed by atoms with Gasteiger partial charge in [-0.1, -0.05) is 0 Å². The zero-order chi connectivity index (χ0) is 8.93. The first-order chi connectivity index (χ1) is 6.45. The topological polar surface area (TPSA) is 52.3 Å². The van der Waals surface area contributed by atoms with Gasteiger partial charge in [0.25, 0.3) is 0 Å². The second-order valence-electron chi connectivity index (χ2n) is 3.08. The minimum absolute atomic E-state index is 0.441. The van der Waals surface area contributed by atoms with E-state index < -0.39 is 0 Å². The SMILES string of the molecule is C(=N\n1cnnc1)/C1CCCOC1. The van der Waals surface area contributed by atoms with Crippen LogP contribution in [0.5, 0.6) is 0 Å². The molecule has 0 aromatic carbocycles. The summed E-state index contributed by atoms with van der Waals surface area (Å²) in [5, 5.41) is 11.5. The van der Waals surface area contributed by atoms with Crippen molar-refractivity contribution in [3.63, 3.8) is 0 Å². The lowest BCUT2D eigenvalue weighted by Gasteiger charge is -2.17. The molecule has 0 radical (unpaired) electrons. The van der Waals surface area contributed by atoms with Gasteiger partial charge in [-0.2, -0.15) is 5.10 Å². The molecule has 1 atom stereocenters. The van der Waals surface area contributed by atoms with Crippen LogP contribution in [0.3, 0.4) is 0 Å². The maximum atomic E-state index is 5.32. The lowest BCUT2D eigenvalue weighted by molar-refractivity contribution is 0.0782. The summed E-state index contributed by atoms with van der Waals surface area (Å²) in [6.07, 6.45) is 7.33. The zero-order valence-corrected chi connectivity index (χ0v) is 7.33. The first-order valence-corrected chi connectivity index (χ1v) is 4.42. The van der Waals surface area contributed by atoms with E-state index >= 15 is 0 Å². The number of rotatable bonds is 2. The molecule has 1 aliphatic heterocycles. The van der Waals surface area contributed by atoms with E-state index in [0.29, 0.717) is 5.92 Å². The molecule has 0 bridgehead atoms. The van der Waals surface area contributed by atoms with Crippen LogP contribution in [0, 0.1) is 5.92 Å². The van der Waals surface area contributed by atoms with Crippen molar-refractivity contribution < 1.29 is 4.74 Å². The summed E-state index contributed by atoms with van der Waals surface area (Å²) in [6.45, 7) is 1.67. The van der Waals surface area contributed by atoms with Gasteiger partial charge in [0.1, 0.15) is 12.7 Å². The maximum Gasteiger partial charge on any atom is 0.141 e. The molecular weight excluding hydrogens is 168 g/mol. The van der Waals surface area contributed by atoms with E-state index in [-0.39, 0.29) is 0 Å². The van der Waals surface area contributed by atoms with E-state index in [1.807, 2.05) is 6.21 Å². The van der Waals surface area contributed by atoms with Gasteiger partial charge in [0, 0.05) is 18.7 Å². The van der Waals surface area contributed by atoms with Gasteiger partial charge in [-0.05, 0) is 12.8 Å². The summed E-state index contributed by atoms with van der Waals surface area (Å²) in [5.41, 5.74) is 0. The first kappa shape index (κ1) is 8.37. The summed E-state index contributed by atoms with van der Waals surface area (Å²) < 4.78 is 6.91. The van der Waals surface area contributed by atoms with E-state index in [1.165, 1.54) is 0 Å². The predicted octanol–water partition coefficient (Wildman–Crippen LogP) is 0.539. The molecule has 0 spiro atoms. The molecule has 1 saturated heterocycles. The van der Waals surface area contributed by atoms with Gasteiger partial charge in [0.05, 0.1) is 6.61 Å². The third-order valence-electron chi connectivity index (χ3n) is 2.01. The van der Waals surface area contributed by atoms with Crippen LogP contribution in [0.1, 0.15) is 12.8 Å². The first-order valence-electron chi connectivity index (χ1n) is 4.42. The highest BCUT2D eigenvalue weighted by Crippen LogP contribution is 2.10. The Bertz CT molecular complexity index is 264. The average molecular weight is 180 g/mol. The molecule has 2 heterocycles. The molecule has 0 N–H and O–H groups in total. The van der Waals surface area contributed by atoms with Crippen LogP contribution in [0.4, 0.5) is 0 Å². The molecule has 1 aromatic rings. The molecule has 0 saturated carbocycles. The van der Waals surface area contributed by atoms with E-state index in [0.717, 1.165) is 26.1 Å². The van der Waals surface area contributed by atoms with E-state index in [9.17, 15) is 0 Å². The second kappa shape index (κ2) is 4.13. The average Bonchev–Trinajstić information content (AvgIpc) is 2.69. The predicted molar refractivity (Wildman–Crippen MR) is 47.5 cm³/mol. The van der Waals surface area contributed by atoms with Crippen molar-refractivity contribution in [3.8, 4) is 0 Å². The van der Waals surface area contributed by atoms with Gasteiger partial charge in [0.2, 0.25) is 0 Å². The van der Waals surface area contributed by atoms with Crippen LogP contribution in [0.25, 0.3) is 0 Å². The highest BCUT2D eigenvalue weighted by atomic mass is 16.5. The van der Waals surface area contributed by atoms with Crippen LogP contribution in [-0.4, -0.2) is 34.3 Å². The Morgan fingerprint density at radius 1 is 1.46 bits per heavy atom. The van der Waals surface area contributed by atoms with E-state index in [1.54, 1.807) is 17.3 Å². The Hall–Kier alpha value is -1.23. The van der Waals surface area contributed by atoms with Crippen molar-refractivity contribution in [2.24, 2.45) is 11.0 Å². The van der Waals surface area contributed by atoms with Gasteiger partial charge >= 0.3 is 0 Å². The molecular formula is C8H12N4O. The van der Waals surface area contributed by atoms with Gasteiger partial charge in [-0.3, -0.25) is 0 Å². The third-order valence-corrected chi connectivity index (χ3v) is 2.01. The largest absolute Gasteiger partial charge is 0.381 e. The second-order valence-corrected chi connectivity index (χ2v) is 3.08. The summed E-state index contributed by atoms with van der Waals surface area (Å²) >= 11 is 0. The fraction of sp³-hybridized carbons (Fsp3) is 0.625. The molecule has 1 fully saturated rings. The van der Waals surface area contributed by atoms with Crippen LogP contribution in [0.2, 0.25) is 0 Å². The summed E-state index contributed by atoms with van der Waals surface area (Å²) in [5.74, 6) is 0.441. The zero-order valence-electron chi connectivity index (χ0n) is 7.33. The number of hydrogen-bond acceptors (Lipinski definition) is 4. The highest BCUT2D eigenvalue weighted by molar-refractivity contribution is 5.60. The molecule has 13 heavy (non-hydrogen) atoms. The summed E-state index contributed by atoms with van der Waals surface area (Å²) in [6, 6.07) is 0. The lowest BCUT2D eigenvalue weighted by atomic mass is 10.0. The fourth-order valence-corrected chi connectivity index (χ4v) is 1.31. The van der Waals surface area contributed by atoms with Crippen molar-refractivity contribution in [2.75, 3.05) is 13.2 Å². The Morgan fingerprint density at radius 3 is 3.00 bits per heavy atom. The standard InChI is InChI=1S/C8H12N4O/c1-2-8(5-13-3-1)4-11-12-6-9-10-7-12/h4,6-8H,1-3,5H2/b11-4+. The van der Waals surface area contributed by atoms with Crippen LogP contribution < -0.4 is 0 Å². The van der Waals surface area contributed by atoms with Crippen molar-refractivity contribution in [3.05, 3.63) is 12.7 Å². The van der Waals surface area contributed by atoms with Crippen molar-refractivity contribution in [1.29, 1.82) is 0 Å². The number of nitrogens with zero attached hydrogens (tertiary/aromatic N) is 4. The minimum Gasteiger partial charge on any atom is -0.381 e. The van der Waals surface area contributed by atoms with Gasteiger partial charge < -0.3 is 4.74 Å². The fourth-order valence-electron chi connectivity index (χ4n) is 1.31. The molecule has 1 aromatic heterocycles. The summed E-state index contributed by atoms with van der Waals surface area (Å²) in [4.78, 5) is 0. The number of aromatic nitrogens is 3. The normalized spacial score (nSPS) is 23.8. The van der Waals surface area contributed by atoms with Crippen LogP contribution in [0.15, 0.2) is 17.8 Å². The Balaban J connectivity index is 1.89. The lowest BCUT2D eigenvalue weighted by Crippen LogP contribution is -2.18. The molecule has 70 valence electrons. The number of ether oxygens (including phenoxy) is 1. The Labute approximate surface area is 76.4 Å². The van der Waals surface area contributed by atoms with Crippen molar-refractivity contribution >= 4 is 6.21 Å². The Morgan fingerprint density at radius 2 is 2.31 bits per heavy atom. The van der Waals surface area contributed by atoms with Gasteiger partial charge in [-0.15, -0.1) is 10.2 Å². The van der Waals surface area contributed by atoms with Crippen LogP contribution in [-0.2, 0) is 4.74 Å². The maximum absolute atomic E-state index is 5.32. The van der Waals surface area contributed by atoms with Crippen molar-refractivity contribution in [2.45, 2.75) is 12.8 Å². The molecule has 5 heteroatoms. The monoisotopic (exact) mass is 180 g/mol. The van der Waals surface area contributed by atoms with Crippen LogP contribution >= 0.6 is 0 Å². The Kier molecular flexibility index (Phi) is 2.66. The van der Waals surface area contributed by atoms with Gasteiger partial charge in [-0.25, -0.2) is 4.68 Å². The smallest absolute Gasteiger partial charge is 0.141 e. The minimum atomic E-state index is 0.441. The quantitative estimate of drug-likeness (QED) is 0.624. The summed E-state index contributed by atoms with van der Waals surface area (Å²) in [7, 11) is 0. The third kappa shape index (κ3) is 2.35. The van der Waals surface area contributed by atoms with Gasteiger partial charge in [0.15, 0.2) is 0 Å². The van der Waals surface area contributed by atoms with E-state index in [2.05, 4.69) is 15.3 Å². The molecule has 0 amide bonds. The molecule has 2 rings (SSSR count). The van der Waals surface area contributed by atoms with Crippen molar-refractivity contribution in [1.82, 2.24) is 14.9 Å². The highest BCUT2D eigenvalue weighted by Gasteiger charge is 2.10.